The predicted molar refractivity (Wildman–Crippen MR) is 129 cm³/mol. The molecule has 1 saturated heterocycles. The molecule has 2 aliphatic rings. The Morgan fingerprint density at radius 1 is 1.23 bits per heavy atom. The zero-order valence-electron chi connectivity index (χ0n) is 18.4. The largest absolute Gasteiger partial charge is 0.490 e. The number of aliphatic imine (C=N–C) groups is 1. The van der Waals surface area contributed by atoms with Crippen molar-refractivity contribution >= 4 is 23.0 Å². The third kappa shape index (κ3) is 6.61. The monoisotopic (exact) mass is 442 g/mol. The number of nitrogens with one attached hydrogen (secondary N) is 2. The number of hydrogen-bond donors (Lipinski definition) is 2. The van der Waals surface area contributed by atoms with E-state index in [0.29, 0.717) is 19.1 Å². The SMILES string of the molecule is CCCN1CCC(CN=C(NCCc2cccs2)Nc2ccc3c(c2)OCCCO3)C1. The zero-order valence-corrected chi connectivity index (χ0v) is 19.3. The summed E-state index contributed by atoms with van der Waals surface area (Å²) in [6, 6.07) is 10.3. The van der Waals surface area contributed by atoms with E-state index in [1.807, 2.05) is 18.2 Å². The summed E-state index contributed by atoms with van der Waals surface area (Å²) < 4.78 is 11.6. The summed E-state index contributed by atoms with van der Waals surface area (Å²) in [6.45, 7) is 8.89. The molecule has 2 N–H and O–H groups in total. The fraction of sp³-hybridized carbons (Fsp3) is 0.542. The Morgan fingerprint density at radius 3 is 2.97 bits per heavy atom. The molecule has 2 aromatic rings. The van der Waals surface area contributed by atoms with Crippen LogP contribution in [-0.2, 0) is 6.42 Å². The number of anilines is 1. The molecule has 1 fully saturated rings. The van der Waals surface area contributed by atoms with Crippen LogP contribution in [-0.4, -0.2) is 56.8 Å². The smallest absolute Gasteiger partial charge is 0.195 e. The van der Waals surface area contributed by atoms with E-state index >= 15 is 0 Å². The molecule has 2 aliphatic heterocycles. The lowest BCUT2D eigenvalue weighted by atomic mass is 10.1. The van der Waals surface area contributed by atoms with Crippen LogP contribution in [0.4, 0.5) is 5.69 Å². The molecule has 0 saturated carbocycles. The minimum Gasteiger partial charge on any atom is -0.490 e. The molecule has 31 heavy (non-hydrogen) atoms. The Balaban J connectivity index is 1.39. The Hall–Kier alpha value is -2.25. The average molecular weight is 443 g/mol. The van der Waals surface area contributed by atoms with Gasteiger partial charge in [-0.1, -0.05) is 13.0 Å². The number of nitrogens with zero attached hydrogens (tertiary/aromatic N) is 2. The lowest BCUT2D eigenvalue weighted by molar-refractivity contribution is 0.297. The van der Waals surface area contributed by atoms with E-state index in [1.54, 1.807) is 11.3 Å². The molecule has 0 bridgehead atoms. The van der Waals surface area contributed by atoms with Crippen LogP contribution < -0.4 is 20.1 Å². The molecule has 168 valence electrons. The van der Waals surface area contributed by atoms with Crippen LogP contribution in [0.1, 0.15) is 31.1 Å². The number of fused-ring (bicyclic) bond motifs is 1. The van der Waals surface area contributed by atoms with Crippen molar-refractivity contribution in [3.05, 3.63) is 40.6 Å². The van der Waals surface area contributed by atoms with Gasteiger partial charge in [0.1, 0.15) is 0 Å². The Kier molecular flexibility index (Phi) is 8.07. The summed E-state index contributed by atoms with van der Waals surface area (Å²) in [7, 11) is 0. The Labute approximate surface area is 189 Å². The molecule has 0 aliphatic carbocycles. The average Bonchev–Trinajstić information content (AvgIpc) is 3.40. The molecule has 6 nitrogen and oxygen atoms in total. The van der Waals surface area contributed by atoms with E-state index in [-0.39, 0.29) is 0 Å². The number of likely N-dealkylation sites (tertiary alicyclic amines) is 1. The third-order valence-corrected chi connectivity index (χ3v) is 6.61. The first-order valence-electron chi connectivity index (χ1n) is 11.5. The van der Waals surface area contributed by atoms with Crippen molar-refractivity contribution in [3.8, 4) is 11.5 Å². The molecular weight excluding hydrogens is 408 g/mol. The molecule has 0 amide bonds. The van der Waals surface area contributed by atoms with Crippen LogP contribution in [0.3, 0.4) is 0 Å². The summed E-state index contributed by atoms with van der Waals surface area (Å²) >= 11 is 1.80. The predicted octanol–water partition coefficient (Wildman–Crippen LogP) is 4.24. The van der Waals surface area contributed by atoms with Gasteiger partial charge in [-0.3, -0.25) is 4.99 Å². The van der Waals surface area contributed by atoms with Gasteiger partial charge in [-0.05, 0) is 61.8 Å². The summed E-state index contributed by atoms with van der Waals surface area (Å²) in [6.07, 6.45) is 4.35. The van der Waals surface area contributed by atoms with E-state index in [2.05, 4.69) is 40.0 Å². The van der Waals surface area contributed by atoms with Crippen LogP contribution in [0.5, 0.6) is 11.5 Å². The van der Waals surface area contributed by atoms with Gasteiger partial charge in [-0.15, -0.1) is 11.3 Å². The van der Waals surface area contributed by atoms with Gasteiger partial charge in [-0.25, -0.2) is 0 Å². The molecule has 0 spiro atoms. The quantitative estimate of drug-likeness (QED) is 0.473. The summed E-state index contributed by atoms with van der Waals surface area (Å²) in [5, 5.41) is 9.13. The fourth-order valence-electron chi connectivity index (χ4n) is 4.08. The first-order chi connectivity index (χ1) is 15.3. The first kappa shape index (κ1) is 22.0. The lowest BCUT2D eigenvalue weighted by Crippen LogP contribution is -2.33. The molecule has 0 radical (unpaired) electrons. The van der Waals surface area contributed by atoms with Gasteiger partial charge < -0.3 is 25.0 Å². The Bertz CT molecular complexity index is 840. The summed E-state index contributed by atoms with van der Waals surface area (Å²) in [5.41, 5.74) is 0.964. The second-order valence-corrected chi connectivity index (χ2v) is 9.27. The normalized spacial score (nSPS) is 19.3. The van der Waals surface area contributed by atoms with Crippen molar-refractivity contribution in [1.29, 1.82) is 0 Å². The first-order valence-corrected chi connectivity index (χ1v) is 12.4. The number of rotatable bonds is 8. The fourth-order valence-corrected chi connectivity index (χ4v) is 4.79. The molecule has 7 heteroatoms. The van der Waals surface area contributed by atoms with Gasteiger partial charge in [0.15, 0.2) is 17.5 Å². The molecule has 3 heterocycles. The Morgan fingerprint density at radius 2 is 2.13 bits per heavy atom. The van der Waals surface area contributed by atoms with E-state index in [9.17, 15) is 0 Å². The highest BCUT2D eigenvalue weighted by Crippen LogP contribution is 2.32. The molecule has 1 aromatic heterocycles. The molecular formula is C24H34N4O2S. The molecule has 1 atom stereocenters. The van der Waals surface area contributed by atoms with Gasteiger partial charge in [0.2, 0.25) is 0 Å². The van der Waals surface area contributed by atoms with Gasteiger partial charge >= 0.3 is 0 Å². The minimum absolute atomic E-state index is 0.631. The van der Waals surface area contributed by atoms with Gasteiger partial charge in [0, 0.05) is 42.7 Å². The van der Waals surface area contributed by atoms with Gasteiger partial charge in [-0.2, -0.15) is 0 Å². The van der Waals surface area contributed by atoms with Crippen molar-refractivity contribution < 1.29 is 9.47 Å². The lowest BCUT2D eigenvalue weighted by Gasteiger charge is -2.16. The van der Waals surface area contributed by atoms with Crippen molar-refractivity contribution in [3.63, 3.8) is 0 Å². The maximum Gasteiger partial charge on any atom is 0.195 e. The van der Waals surface area contributed by atoms with Crippen molar-refractivity contribution in [2.75, 3.05) is 51.3 Å². The number of hydrogen-bond acceptors (Lipinski definition) is 5. The third-order valence-electron chi connectivity index (χ3n) is 5.67. The van der Waals surface area contributed by atoms with Crippen molar-refractivity contribution in [1.82, 2.24) is 10.2 Å². The van der Waals surface area contributed by atoms with E-state index < -0.39 is 0 Å². The van der Waals surface area contributed by atoms with E-state index in [4.69, 9.17) is 14.5 Å². The maximum atomic E-state index is 5.85. The molecule has 4 rings (SSSR count). The number of ether oxygens (including phenoxy) is 2. The second-order valence-electron chi connectivity index (χ2n) is 8.24. The van der Waals surface area contributed by atoms with Gasteiger partial charge in [0.05, 0.1) is 13.2 Å². The zero-order chi connectivity index (χ0) is 21.3. The van der Waals surface area contributed by atoms with Crippen LogP contribution in [0.2, 0.25) is 0 Å². The van der Waals surface area contributed by atoms with E-state index in [1.165, 1.54) is 30.8 Å². The highest BCUT2D eigenvalue weighted by Gasteiger charge is 2.21. The maximum absolute atomic E-state index is 5.85. The number of thiophene rings is 1. The molecule has 1 aromatic carbocycles. The standard InChI is InChI=1S/C24H34N4O2S/c1-2-11-28-12-9-19(18-28)17-26-24(25-10-8-21-5-3-15-31-21)27-20-6-7-22-23(16-20)30-14-4-13-29-22/h3,5-7,15-16,19H,2,4,8-14,17-18H2,1H3,(H2,25,26,27). The van der Waals surface area contributed by atoms with Crippen molar-refractivity contribution in [2.24, 2.45) is 10.9 Å². The number of guanidine groups is 1. The van der Waals surface area contributed by atoms with Crippen LogP contribution in [0.25, 0.3) is 0 Å². The highest BCUT2D eigenvalue weighted by atomic mass is 32.1. The van der Waals surface area contributed by atoms with Crippen molar-refractivity contribution in [2.45, 2.75) is 32.6 Å². The minimum atomic E-state index is 0.631. The van der Waals surface area contributed by atoms with E-state index in [0.717, 1.165) is 55.6 Å². The van der Waals surface area contributed by atoms with Crippen LogP contribution in [0, 0.1) is 5.92 Å². The van der Waals surface area contributed by atoms with Crippen LogP contribution >= 0.6 is 11.3 Å². The van der Waals surface area contributed by atoms with Crippen LogP contribution in [0.15, 0.2) is 40.7 Å². The summed E-state index contributed by atoms with van der Waals surface area (Å²) in [4.78, 5) is 8.88. The second kappa shape index (κ2) is 11.4. The van der Waals surface area contributed by atoms with Gasteiger partial charge in [0.25, 0.3) is 0 Å². The number of benzene rings is 1. The summed E-state index contributed by atoms with van der Waals surface area (Å²) in [5.74, 6) is 3.08. The topological polar surface area (TPSA) is 58.1 Å². The highest BCUT2D eigenvalue weighted by molar-refractivity contribution is 7.09. The molecule has 1 unspecified atom stereocenters.